The molecule has 3 aromatic rings. The molecule has 22 N–H and O–H groups in total. The number of aromatic hydroxyl groups is 3. The number of hydrogen-bond donors (Lipinski definition) is 20. The first kappa shape index (κ1) is 97.5. The zero-order valence-electron chi connectivity index (χ0n) is 69.6. The van der Waals surface area contributed by atoms with Gasteiger partial charge in [-0.2, -0.15) is 0 Å². The third-order valence-corrected chi connectivity index (χ3v) is 24.2. The van der Waals surface area contributed by atoms with Gasteiger partial charge in [-0.3, -0.25) is 63.6 Å². The van der Waals surface area contributed by atoms with Crippen LogP contribution in [0.1, 0.15) is 188 Å². The lowest BCUT2D eigenvalue weighted by molar-refractivity contribution is -0.249. The molecule has 41 heteroatoms. The average molecular weight is 1740 g/mol. The molecular formula is C80H115N15O24S2. The minimum Gasteiger partial charge on any atom is -0.508 e. The Labute approximate surface area is 707 Å². The van der Waals surface area contributed by atoms with Crippen molar-refractivity contribution >= 4 is 110 Å². The highest BCUT2D eigenvalue weighted by Gasteiger charge is 2.52. The van der Waals surface area contributed by atoms with Crippen LogP contribution in [-0.2, 0) is 75.0 Å². The van der Waals surface area contributed by atoms with Crippen molar-refractivity contribution in [3.8, 4) is 23.0 Å². The first-order chi connectivity index (χ1) is 56.9. The predicted octanol–water partition coefficient (Wildman–Crippen LogP) is 0.739. The fraction of sp³-hybridized carbons (Fsp3) is 0.588. The predicted molar refractivity (Wildman–Crippen MR) is 442 cm³/mol. The minimum absolute atomic E-state index is 0.00159. The molecule has 39 nitrogen and oxygen atoms in total. The normalized spacial score (nSPS) is 20.2. The van der Waals surface area contributed by atoms with E-state index in [2.05, 4.69) is 47.9 Å². The molecule has 7 rings (SSSR count). The third kappa shape index (κ3) is 25.7. The number of benzene rings is 3. The molecule has 2 aliphatic heterocycles. The number of carbonyl (C=O) groups is 13. The lowest BCUT2D eigenvalue weighted by Gasteiger charge is -2.42. The highest BCUT2D eigenvalue weighted by atomic mass is 33.1. The number of carbonyl (C=O) groups excluding carboxylic acids is 12. The topological polar surface area (TPSA) is 615 Å². The Balaban J connectivity index is 0.978. The maximum atomic E-state index is 14.9. The van der Waals surface area contributed by atoms with Crippen LogP contribution in [0.4, 0.5) is 4.79 Å². The van der Waals surface area contributed by atoms with E-state index >= 15 is 0 Å². The highest BCUT2D eigenvalue weighted by Crippen LogP contribution is 2.53. The molecule has 2 saturated heterocycles. The van der Waals surface area contributed by atoms with Crippen LogP contribution < -0.4 is 64.1 Å². The number of alkyl carbamates (subject to hydrolysis) is 1. The van der Waals surface area contributed by atoms with E-state index in [1.807, 2.05) is 13.8 Å². The van der Waals surface area contributed by atoms with E-state index in [0.717, 1.165) is 21.6 Å². The number of nitrogens with one attached hydrogen (secondary N) is 11. The van der Waals surface area contributed by atoms with Gasteiger partial charge in [-0.05, 0) is 107 Å². The number of rotatable bonds is 41. The summed E-state index contributed by atoms with van der Waals surface area (Å²) in [5.41, 5.74) is 5.76. The van der Waals surface area contributed by atoms with E-state index in [4.69, 9.17) is 41.2 Å². The second kappa shape index (κ2) is 43.3. The summed E-state index contributed by atoms with van der Waals surface area (Å²) in [5, 5.41) is 116. The van der Waals surface area contributed by atoms with Gasteiger partial charge in [0.1, 0.15) is 90.2 Å². The van der Waals surface area contributed by atoms with Crippen molar-refractivity contribution in [2.75, 3.05) is 58.8 Å². The SMILES string of the molecule is CCCN(CC(=O)N[C@@H](CC(C)C)C(=O)N1CCC[C@H]1C(=O)N[C@@H](CCCNC(=N)N)C(=O)N[C@H](C(=O)N[C@@H](CCCNC(=N)N)C(=O)N[C@@H](Cc1ccc(O)cc1)C(=O)O)C(C)(C)C)C(=O)[C@@H](NC(C)=O)C(C)(C)SSCCOC(=O)N[C@H]1C[C@H](O[C@H]2C[C@](O)(C(=O)CO)Cc3c(O)c4c(c(O)c32)C(=O)c2c(OC)cccc2C4=O)O[C@@H](C)[C@H]1O. The summed E-state index contributed by atoms with van der Waals surface area (Å²) in [5.74, 6) is -12.9. The molecule has 121 heavy (non-hydrogen) atoms. The number of guanidine groups is 2. The van der Waals surface area contributed by atoms with Gasteiger partial charge in [0.05, 0.1) is 48.6 Å². The van der Waals surface area contributed by atoms with E-state index in [1.165, 1.54) is 73.2 Å². The van der Waals surface area contributed by atoms with Gasteiger partial charge in [0.15, 0.2) is 29.8 Å². The van der Waals surface area contributed by atoms with Crippen LogP contribution in [0.25, 0.3) is 0 Å². The van der Waals surface area contributed by atoms with Crippen LogP contribution in [0, 0.1) is 22.2 Å². The van der Waals surface area contributed by atoms with E-state index in [-0.39, 0.29) is 141 Å². The van der Waals surface area contributed by atoms with Crippen LogP contribution in [0.3, 0.4) is 0 Å². The number of nitrogens with zero attached hydrogens (tertiary/aromatic N) is 2. The molecule has 0 spiro atoms. The van der Waals surface area contributed by atoms with Crippen LogP contribution in [0.5, 0.6) is 23.0 Å². The van der Waals surface area contributed by atoms with E-state index < -0.39 is 214 Å². The molecular weight excluding hydrogens is 1620 g/mol. The van der Waals surface area contributed by atoms with Crippen molar-refractivity contribution in [1.29, 1.82) is 10.8 Å². The number of nitrogens with two attached hydrogens (primary N) is 2. The summed E-state index contributed by atoms with van der Waals surface area (Å²) < 4.78 is 22.0. The van der Waals surface area contributed by atoms with Crippen molar-refractivity contribution < 1.29 is 117 Å². The number of ether oxygens (including phenoxy) is 4. The first-order valence-corrected chi connectivity index (χ1v) is 42.2. The molecule has 2 aliphatic carbocycles. The Morgan fingerprint density at radius 1 is 0.793 bits per heavy atom. The molecule has 666 valence electrons. The Kier molecular flexibility index (Phi) is 34.9. The number of methoxy groups -OCH3 is 1. The number of phenols is 3. The number of fused-ring (bicyclic) bond motifs is 3. The van der Waals surface area contributed by atoms with E-state index in [9.17, 15) is 98.1 Å². The second-order valence-electron chi connectivity index (χ2n) is 32.4. The number of phenolic OH excluding ortho intramolecular Hbond substituents is 3. The zero-order valence-corrected chi connectivity index (χ0v) is 71.3. The number of carboxylic acids is 1. The third-order valence-electron chi connectivity index (χ3n) is 21.0. The van der Waals surface area contributed by atoms with Gasteiger partial charge < -0.3 is 124 Å². The Morgan fingerprint density at radius 3 is 2.00 bits per heavy atom. The van der Waals surface area contributed by atoms with Gasteiger partial charge in [-0.15, -0.1) is 0 Å². The Hall–Kier alpha value is -10.6. The molecule has 0 unspecified atom stereocenters. The first-order valence-electron chi connectivity index (χ1n) is 39.9. The molecule has 9 amide bonds. The smallest absolute Gasteiger partial charge is 0.407 e. The van der Waals surface area contributed by atoms with Gasteiger partial charge >= 0.3 is 12.1 Å². The van der Waals surface area contributed by atoms with Crippen LogP contribution in [0.15, 0.2) is 42.5 Å². The lowest BCUT2D eigenvalue weighted by Crippen LogP contribution is -2.62. The Morgan fingerprint density at radius 2 is 1.41 bits per heavy atom. The van der Waals surface area contributed by atoms with Crippen molar-refractivity contribution in [1.82, 2.24) is 57.7 Å². The van der Waals surface area contributed by atoms with E-state index in [1.54, 1.807) is 41.5 Å². The number of aliphatic hydroxyl groups excluding tert-OH is 2. The number of ketones is 3. The summed E-state index contributed by atoms with van der Waals surface area (Å²) in [4.78, 5) is 185. The quantitative estimate of drug-likeness (QED) is 0.00958. The van der Waals surface area contributed by atoms with Gasteiger partial charge in [0.25, 0.3) is 0 Å². The van der Waals surface area contributed by atoms with Gasteiger partial charge in [-0.1, -0.05) is 87.4 Å². The lowest BCUT2D eigenvalue weighted by atomic mass is 9.72. The number of carboxylic acid groups (broad SMARTS) is 1. The summed E-state index contributed by atoms with van der Waals surface area (Å²) in [6.07, 6.45) is -7.50. The summed E-state index contributed by atoms with van der Waals surface area (Å²) in [6, 6.07) is -0.753. The maximum absolute atomic E-state index is 14.9. The summed E-state index contributed by atoms with van der Waals surface area (Å²) in [7, 11) is 3.58. The molecule has 2 heterocycles. The molecule has 3 aromatic carbocycles. The van der Waals surface area contributed by atoms with Crippen molar-refractivity contribution in [2.24, 2.45) is 22.8 Å². The monoisotopic (exact) mass is 1730 g/mol. The number of likely N-dealkylation sites (tertiary alicyclic amines) is 1. The molecule has 0 bridgehead atoms. The standard InChI is InChI=1S/C80H115N15O24S2/c1-12-28-94(73(111)67(87-41(5)97)79(9,10)121-120-31-30-117-77(114)92-48-34-56(118-40(4)61(48)101)119-53-36-80(115,54(99)38-96)35-45-58(53)65(105)60-59(63(45)103)62(102)44-17-13-21-52(116-11)57(44)64(60)104)37-55(100)88-49(32-39(2)3)72(110)95-29-16-20-51(95)70(108)89-47(19-15-27-86-76(83)84)69(107)93-66(78(6,7)8)71(109)90-46(18-14-26-85-75(81)82)68(106)91-50(74(112)113)33-42-22-24-43(98)25-23-42/h13,17,21-25,39-40,46-51,53,56,61,66-67,96,98,101,103,105,115H,12,14-16,18-20,26-38H2,1-11H3,(H,87,97)(H,88,100)(H,89,108)(H,90,109)(H,91,106)(H,92,114)(H,93,107)(H,112,113)(H4,81,82,85)(H4,83,84,86)/t40-,46-,47-,48-,49-,50-,51-,53-,56-,61+,66+,67+,80-/m0/s1. The number of aliphatic carboxylic acids is 1. The number of Topliss-reactive ketones (excluding diaryl/α,β-unsaturated/α-hetero) is 1. The largest absolute Gasteiger partial charge is 0.508 e. The maximum Gasteiger partial charge on any atom is 0.407 e. The molecule has 4 aliphatic rings. The molecule has 13 atom stereocenters. The molecule has 0 saturated carbocycles. The summed E-state index contributed by atoms with van der Waals surface area (Å²) in [6.45, 7) is 14.5. The molecule has 2 fully saturated rings. The highest BCUT2D eigenvalue weighted by molar-refractivity contribution is 8.77. The fourth-order valence-corrected chi connectivity index (χ4v) is 17.4. The summed E-state index contributed by atoms with van der Waals surface area (Å²) >= 11 is 0. The van der Waals surface area contributed by atoms with Crippen molar-refractivity contribution in [3.63, 3.8) is 0 Å². The second-order valence-corrected chi connectivity index (χ2v) is 35.5. The van der Waals surface area contributed by atoms with E-state index in [0.29, 0.717) is 18.4 Å². The van der Waals surface area contributed by atoms with Gasteiger partial charge in [0.2, 0.25) is 53.0 Å². The van der Waals surface area contributed by atoms with Crippen LogP contribution >= 0.6 is 21.6 Å². The average Bonchev–Trinajstić information content (AvgIpc) is 0.822. The molecule has 0 aromatic heterocycles. The van der Waals surface area contributed by atoms with Gasteiger partial charge in [0, 0.05) is 86.0 Å². The number of amides is 9. The minimum atomic E-state index is -2.46. The van der Waals surface area contributed by atoms with Crippen LogP contribution in [0.2, 0.25) is 0 Å². The van der Waals surface area contributed by atoms with Crippen LogP contribution in [-0.4, -0.2) is 270 Å². The van der Waals surface area contributed by atoms with Crippen molar-refractivity contribution in [2.45, 2.75) is 230 Å². The zero-order chi connectivity index (χ0) is 89.9. The van der Waals surface area contributed by atoms with Crippen molar-refractivity contribution in [3.05, 3.63) is 81.4 Å². The van der Waals surface area contributed by atoms with Gasteiger partial charge in [-0.25, -0.2) is 9.59 Å². The fourth-order valence-electron chi connectivity index (χ4n) is 14.9. The molecule has 0 radical (unpaired) electrons. The number of hydrogen-bond acceptors (Lipinski definition) is 27. The Bertz CT molecular complexity index is 4340. The number of aliphatic hydroxyl groups is 3.